The Hall–Kier alpha value is -0.0800. The molecule has 2 atom stereocenters. The molecular weight excluding hydrogens is 138 g/mol. The molecule has 2 nitrogen and oxygen atoms in total. The van der Waals surface area contributed by atoms with Crippen molar-refractivity contribution in [1.82, 2.24) is 5.32 Å². The standard InChI is InChI=1S/C7H15NO.C2H6/c1-2-7(9)6-3-4-8-5-6;1-2/h6-9H,2-5H2,1H3;1-2H3. The van der Waals surface area contributed by atoms with Gasteiger partial charge in [0.05, 0.1) is 6.10 Å². The average molecular weight is 159 g/mol. The Bertz CT molecular complexity index is 79.6. The van der Waals surface area contributed by atoms with Crippen molar-refractivity contribution in [3.63, 3.8) is 0 Å². The second-order valence-electron chi connectivity index (χ2n) is 2.73. The third-order valence-corrected chi connectivity index (χ3v) is 2.06. The Morgan fingerprint density at radius 1 is 1.55 bits per heavy atom. The largest absolute Gasteiger partial charge is 0.393 e. The van der Waals surface area contributed by atoms with E-state index < -0.39 is 0 Å². The summed E-state index contributed by atoms with van der Waals surface area (Å²) in [4.78, 5) is 0. The highest BCUT2D eigenvalue weighted by Gasteiger charge is 2.20. The van der Waals surface area contributed by atoms with Gasteiger partial charge in [0, 0.05) is 6.54 Å². The topological polar surface area (TPSA) is 32.3 Å². The molecule has 1 aliphatic rings. The summed E-state index contributed by atoms with van der Waals surface area (Å²) < 4.78 is 0. The maximum Gasteiger partial charge on any atom is 0.0578 e. The van der Waals surface area contributed by atoms with Crippen molar-refractivity contribution in [3.05, 3.63) is 0 Å². The molecule has 68 valence electrons. The fourth-order valence-corrected chi connectivity index (χ4v) is 1.34. The van der Waals surface area contributed by atoms with E-state index in [0.717, 1.165) is 25.9 Å². The number of aliphatic hydroxyl groups is 1. The van der Waals surface area contributed by atoms with Gasteiger partial charge in [-0.2, -0.15) is 0 Å². The lowest BCUT2D eigenvalue weighted by Crippen LogP contribution is -2.21. The molecule has 0 aromatic heterocycles. The minimum atomic E-state index is -0.0694. The fourth-order valence-electron chi connectivity index (χ4n) is 1.34. The predicted molar refractivity (Wildman–Crippen MR) is 48.6 cm³/mol. The SMILES string of the molecule is CC.CCC(O)C1CCNC1. The van der Waals surface area contributed by atoms with Crippen molar-refractivity contribution in [2.45, 2.75) is 39.7 Å². The lowest BCUT2D eigenvalue weighted by atomic mass is 10.0. The van der Waals surface area contributed by atoms with Gasteiger partial charge in [0.15, 0.2) is 0 Å². The Balaban J connectivity index is 0.000000461. The Labute approximate surface area is 70.0 Å². The summed E-state index contributed by atoms with van der Waals surface area (Å²) in [6.45, 7) is 8.12. The molecule has 1 rings (SSSR count). The molecule has 0 aromatic carbocycles. The molecule has 0 saturated carbocycles. The molecule has 1 heterocycles. The molecule has 0 amide bonds. The summed E-state index contributed by atoms with van der Waals surface area (Å²) in [7, 11) is 0. The first-order chi connectivity index (χ1) is 5.34. The first-order valence-corrected chi connectivity index (χ1v) is 4.73. The van der Waals surface area contributed by atoms with Crippen LogP contribution in [-0.4, -0.2) is 24.3 Å². The highest BCUT2D eigenvalue weighted by Crippen LogP contribution is 2.14. The van der Waals surface area contributed by atoms with Crippen LogP contribution in [0.3, 0.4) is 0 Å². The van der Waals surface area contributed by atoms with Crippen LogP contribution in [0.25, 0.3) is 0 Å². The van der Waals surface area contributed by atoms with Gasteiger partial charge < -0.3 is 10.4 Å². The minimum Gasteiger partial charge on any atom is -0.393 e. The number of hydrogen-bond donors (Lipinski definition) is 2. The number of aliphatic hydroxyl groups excluding tert-OH is 1. The smallest absolute Gasteiger partial charge is 0.0578 e. The van der Waals surface area contributed by atoms with Crippen LogP contribution >= 0.6 is 0 Å². The fraction of sp³-hybridized carbons (Fsp3) is 1.00. The normalized spacial score (nSPS) is 25.6. The zero-order valence-corrected chi connectivity index (χ0v) is 7.93. The van der Waals surface area contributed by atoms with Gasteiger partial charge in [0.1, 0.15) is 0 Å². The van der Waals surface area contributed by atoms with Gasteiger partial charge in [-0.05, 0) is 25.3 Å². The zero-order chi connectivity index (χ0) is 8.69. The van der Waals surface area contributed by atoms with Gasteiger partial charge in [0.25, 0.3) is 0 Å². The maximum absolute atomic E-state index is 9.32. The van der Waals surface area contributed by atoms with Crippen molar-refractivity contribution in [3.8, 4) is 0 Å². The van der Waals surface area contributed by atoms with Crippen LogP contribution in [0.4, 0.5) is 0 Å². The van der Waals surface area contributed by atoms with Crippen LogP contribution in [0, 0.1) is 5.92 Å². The lowest BCUT2D eigenvalue weighted by molar-refractivity contribution is 0.113. The van der Waals surface area contributed by atoms with Gasteiger partial charge in [-0.3, -0.25) is 0 Å². The third kappa shape index (κ3) is 3.73. The van der Waals surface area contributed by atoms with Gasteiger partial charge in [-0.1, -0.05) is 20.8 Å². The summed E-state index contributed by atoms with van der Waals surface area (Å²) in [6.07, 6.45) is 1.97. The predicted octanol–water partition coefficient (Wildman–Crippen LogP) is 1.39. The van der Waals surface area contributed by atoms with E-state index in [0.29, 0.717) is 5.92 Å². The Morgan fingerprint density at radius 2 is 2.18 bits per heavy atom. The van der Waals surface area contributed by atoms with Crippen LogP contribution in [0.5, 0.6) is 0 Å². The number of hydrogen-bond acceptors (Lipinski definition) is 2. The second kappa shape index (κ2) is 6.62. The van der Waals surface area contributed by atoms with Crippen LogP contribution in [0.1, 0.15) is 33.6 Å². The molecule has 2 heteroatoms. The minimum absolute atomic E-state index is 0.0694. The summed E-state index contributed by atoms with van der Waals surface area (Å²) >= 11 is 0. The summed E-state index contributed by atoms with van der Waals surface area (Å²) in [5.41, 5.74) is 0. The zero-order valence-electron chi connectivity index (χ0n) is 7.93. The van der Waals surface area contributed by atoms with Gasteiger partial charge >= 0.3 is 0 Å². The molecule has 1 aliphatic heterocycles. The Morgan fingerprint density at radius 3 is 2.55 bits per heavy atom. The van der Waals surface area contributed by atoms with E-state index >= 15 is 0 Å². The van der Waals surface area contributed by atoms with E-state index in [1.54, 1.807) is 0 Å². The molecule has 1 saturated heterocycles. The quantitative estimate of drug-likeness (QED) is 0.638. The molecule has 0 aromatic rings. The van der Waals surface area contributed by atoms with E-state index in [2.05, 4.69) is 5.32 Å². The molecule has 1 fully saturated rings. The average Bonchev–Trinajstić information content (AvgIpc) is 2.59. The lowest BCUT2D eigenvalue weighted by Gasteiger charge is -2.13. The van der Waals surface area contributed by atoms with Crippen molar-refractivity contribution in [2.24, 2.45) is 5.92 Å². The summed E-state index contributed by atoms with van der Waals surface area (Å²) in [5, 5.41) is 12.5. The third-order valence-electron chi connectivity index (χ3n) is 2.06. The number of rotatable bonds is 2. The summed E-state index contributed by atoms with van der Waals surface area (Å²) in [6, 6.07) is 0. The van der Waals surface area contributed by atoms with Gasteiger partial charge in [0.2, 0.25) is 0 Å². The second-order valence-corrected chi connectivity index (χ2v) is 2.73. The molecule has 0 radical (unpaired) electrons. The van der Waals surface area contributed by atoms with Crippen LogP contribution < -0.4 is 5.32 Å². The Kier molecular flexibility index (Phi) is 6.57. The molecule has 2 unspecified atom stereocenters. The number of nitrogens with one attached hydrogen (secondary N) is 1. The van der Waals surface area contributed by atoms with Crippen molar-refractivity contribution in [2.75, 3.05) is 13.1 Å². The molecule has 0 aliphatic carbocycles. The van der Waals surface area contributed by atoms with Gasteiger partial charge in [-0.25, -0.2) is 0 Å². The molecule has 0 spiro atoms. The van der Waals surface area contributed by atoms with E-state index in [-0.39, 0.29) is 6.10 Å². The molecule has 0 bridgehead atoms. The van der Waals surface area contributed by atoms with Crippen LogP contribution in [-0.2, 0) is 0 Å². The first kappa shape index (κ1) is 10.9. The van der Waals surface area contributed by atoms with E-state index in [1.165, 1.54) is 0 Å². The van der Waals surface area contributed by atoms with Gasteiger partial charge in [-0.15, -0.1) is 0 Å². The highest BCUT2D eigenvalue weighted by atomic mass is 16.3. The summed E-state index contributed by atoms with van der Waals surface area (Å²) in [5.74, 6) is 0.523. The van der Waals surface area contributed by atoms with E-state index in [9.17, 15) is 5.11 Å². The van der Waals surface area contributed by atoms with Crippen molar-refractivity contribution >= 4 is 0 Å². The van der Waals surface area contributed by atoms with Crippen molar-refractivity contribution in [1.29, 1.82) is 0 Å². The highest BCUT2D eigenvalue weighted by molar-refractivity contribution is 4.76. The van der Waals surface area contributed by atoms with E-state index in [1.807, 2.05) is 20.8 Å². The first-order valence-electron chi connectivity index (χ1n) is 4.73. The molecular formula is C9H21NO. The van der Waals surface area contributed by atoms with E-state index in [4.69, 9.17) is 0 Å². The van der Waals surface area contributed by atoms with Crippen molar-refractivity contribution < 1.29 is 5.11 Å². The molecule has 11 heavy (non-hydrogen) atoms. The monoisotopic (exact) mass is 159 g/mol. The molecule has 2 N–H and O–H groups in total. The van der Waals surface area contributed by atoms with Crippen LogP contribution in [0.15, 0.2) is 0 Å². The maximum atomic E-state index is 9.32. The van der Waals surface area contributed by atoms with Crippen LogP contribution in [0.2, 0.25) is 0 Å².